The second-order valence-electron chi connectivity index (χ2n) is 6.35. The van der Waals surface area contributed by atoms with E-state index in [-0.39, 0.29) is 17.9 Å². The van der Waals surface area contributed by atoms with Gasteiger partial charge in [-0.15, -0.1) is 0 Å². The number of ether oxygens (including phenoxy) is 1. The van der Waals surface area contributed by atoms with Crippen molar-refractivity contribution in [1.82, 2.24) is 10.0 Å². The molecule has 0 aromatic heterocycles. The summed E-state index contributed by atoms with van der Waals surface area (Å²) in [7, 11) is 0. The number of para-hydroxylation sites is 1. The van der Waals surface area contributed by atoms with Crippen molar-refractivity contribution < 1.29 is 14.3 Å². The van der Waals surface area contributed by atoms with Gasteiger partial charge in [-0.05, 0) is 38.3 Å². The molecule has 3 aliphatic heterocycles. The molecule has 3 heterocycles. The number of piperidine rings is 1. The molecular weight excluding hydrogens is 280 g/mol. The molecule has 0 N–H and O–H groups in total. The van der Waals surface area contributed by atoms with Crippen LogP contribution < -0.4 is 4.74 Å². The van der Waals surface area contributed by atoms with Crippen molar-refractivity contribution in [3.63, 3.8) is 0 Å². The van der Waals surface area contributed by atoms with Gasteiger partial charge in [0, 0.05) is 18.7 Å². The van der Waals surface area contributed by atoms with Crippen molar-refractivity contribution in [2.24, 2.45) is 0 Å². The maximum atomic E-state index is 12.6. The minimum atomic E-state index is -0.430. The molecular formula is C17H18N2O3. The molecule has 5 nitrogen and oxygen atoms in total. The zero-order chi connectivity index (χ0) is 15.3. The normalized spacial score (nSPS) is 30.2. The summed E-state index contributed by atoms with van der Waals surface area (Å²) >= 11 is 0. The molecule has 114 valence electrons. The lowest BCUT2D eigenvalue weighted by atomic mass is 9.81. The zero-order valence-corrected chi connectivity index (χ0v) is 12.5. The minimum Gasteiger partial charge on any atom is -0.423 e. The summed E-state index contributed by atoms with van der Waals surface area (Å²) < 4.78 is 5.48. The van der Waals surface area contributed by atoms with Gasteiger partial charge in [0.25, 0.3) is 0 Å². The standard InChI is InChI=1S/C17H18N2O3/c1-17-9-5-6-12-10-15(20)18(19(12)17)11-14(17)16(21)22-13-7-3-2-4-8-13/h2-4,7-8,11-12H,5-6,9-10H2,1H3/t12-,17-/m0/s1. The number of hydrazine groups is 1. The maximum absolute atomic E-state index is 12.6. The Kier molecular flexibility index (Phi) is 2.87. The van der Waals surface area contributed by atoms with Crippen molar-refractivity contribution >= 4 is 11.9 Å². The lowest BCUT2D eigenvalue weighted by Gasteiger charge is -2.43. The number of benzene rings is 1. The fourth-order valence-corrected chi connectivity index (χ4v) is 3.92. The van der Waals surface area contributed by atoms with Gasteiger partial charge < -0.3 is 4.74 Å². The summed E-state index contributed by atoms with van der Waals surface area (Å²) in [5, 5.41) is 3.71. The smallest absolute Gasteiger partial charge is 0.342 e. The Balaban J connectivity index is 1.65. The van der Waals surface area contributed by atoms with Crippen LogP contribution in [-0.4, -0.2) is 33.5 Å². The molecule has 5 heteroatoms. The van der Waals surface area contributed by atoms with E-state index < -0.39 is 5.54 Å². The third-order valence-electron chi connectivity index (χ3n) is 4.96. The van der Waals surface area contributed by atoms with E-state index in [1.54, 1.807) is 23.3 Å². The van der Waals surface area contributed by atoms with Crippen LogP contribution in [0.5, 0.6) is 5.75 Å². The van der Waals surface area contributed by atoms with E-state index in [0.29, 0.717) is 17.7 Å². The highest BCUT2D eigenvalue weighted by Gasteiger charge is 2.57. The first kappa shape index (κ1) is 13.5. The Bertz CT molecular complexity index is 670. The van der Waals surface area contributed by atoms with Crippen LogP contribution in [0.1, 0.15) is 32.6 Å². The molecule has 0 saturated carbocycles. The van der Waals surface area contributed by atoms with Crippen LogP contribution in [-0.2, 0) is 9.59 Å². The summed E-state index contributed by atoms with van der Waals surface area (Å²) in [5.41, 5.74) is 0.148. The van der Waals surface area contributed by atoms with Gasteiger partial charge in [-0.2, -0.15) is 0 Å². The largest absolute Gasteiger partial charge is 0.423 e. The van der Waals surface area contributed by atoms with Gasteiger partial charge in [0.15, 0.2) is 0 Å². The van der Waals surface area contributed by atoms with E-state index in [2.05, 4.69) is 5.01 Å². The molecule has 2 saturated heterocycles. The minimum absolute atomic E-state index is 0.0700. The Hall–Kier alpha value is -2.14. The summed E-state index contributed by atoms with van der Waals surface area (Å²) in [6.45, 7) is 2.04. The lowest BCUT2D eigenvalue weighted by Crippen LogP contribution is -2.54. The molecule has 1 aromatic rings. The second kappa shape index (κ2) is 4.68. The molecule has 2 fully saturated rings. The summed E-state index contributed by atoms with van der Waals surface area (Å²) in [4.78, 5) is 24.8. The van der Waals surface area contributed by atoms with Gasteiger partial charge in [-0.3, -0.25) is 4.79 Å². The first-order valence-electron chi connectivity index (χ1n) is 7.70. The third kappa shape index (κ3) is 1.82. The highest BCUT2D eigenvalue weighted by Crippen LogP contribution is 2.47. The third-order valence-corrected chi connectivity index (χ3v) is 4.96. The zero-order valence-electron chi connectivity index (χ0n) is 12.5. The van der Waals surface area contributed by atoms with E-state index in [0.717, 1.165) is 19.3 Å². The van der Waals surface area contributed by atoms with Gasteiger partial charge >= 0.3 is 5.97 Å². The monoisotopic (exact) mass is 298 g/mol. The van der Waals surface area contributed by atoms with Gasteiger partial charge in [0.2, 0.25) is 5.91 Å². The van der Waals surface area contributed by atoms with Crippen LogP contribution in [0.4, 0.5) is 0 Å². The lowest BCUT2D eigenvalue weighted by molar-refractivity contribution is -0.139. The molecule has 0 unspecified atom stereocenters. The quantitative estimate of drug-likeness (QED) is 0.621. The van der Waals surface area contributed by atoms with Gasteiger partial charge in [-0.25, -0.2) is 14.8 Å². The second-order valence-corrected chi connectivity index (χ2v) is 6.35. The van der Waals surface area contributed by atoms with E-state index >= 15 is 0 Å². The van der Waals surface area contributed by atoms with Gasteiger partial charge in [-0.1, -0.05) is 18.2 Å². The van der Waals surface area contributed by atoms with E-state index in [1.807, 2.05) is 25.1 Å². The number of hydrogen-bond acceptors (Lipinski definition) is 4. The fourth-order valence-electron chi connectivity index (χ4n) is 3.92. The number of carbonyl (C=O) groups is 2. The topological polar surface area (TPSA) is 49.9 Å². The number of esters is 1. The molecule has 0 radical (unpaired) electrons. The van der Waals surface area contributed by atoms with Crippen molar-refractivity contribution in [3.05, 3.63) is 42.1 Å². The van der Waals surface area contributed by atoms with E-state index in [4.69, 9.17) is 4.74 Å². The molecule has 2 atom stereocenters. The summed E-state index contributed by atoms with van der Waals surface area (Å²) in [6, 6.07) is 9.26. The maximum Gasteiger partial charge on any atom is 0.342 e. The summed E-state index contributed by atoms with van der Waals surface area (Å²) in [6.07, 6.45) is 5.12. The molecule has 22 heavy (non-hydrogen) atoms. The predicted octanol–water partition coefficient (Wildman–Crippen LogP) is 2.25. The molecule has 0 aliphatic carbocycles. The van der Waals surface area contributed by atoms with Crippen molar-refractivity contribution in [2.75, 3.05) is 0 Å². The highest BCUT2D eigenvalue weighted by molar-refractivity contribution is 5.95. The first-order chi connectivity index (χ1) is 10.6. The Morgan fingerprint density at radius 2 is 2.09 bits per heavy atom. The van der Waals surface area contributed by atoms with Crippen LogP contribution in [0.3, 0.4) is 0 Å². The Morgan fingerprint density at radius 3 is 2.86 bits per heavy atom. The van der Waals surface area contributed by atoms with Crippen LogP contribution in [0, 0.1) is 0 Å². The van der Waals surface area contributed by atoms with Gasteiger partial charge in [0.05, 0.1) is 11.1 Å². The van der Waals surface area contributed by atoms with Crippen LogP contribution >= 0.6 is 0 Å². The van der Waals surface area contributed by atoms with Crippen LogP contribution in [0.2, 0.25) is 0 Å². The highest BCUT2D eigenvalue weighted by atomic mass is 16.5. The summed E-state index contributed by atoms with van der Waals surface area (Å²) in [5.74, 6) is 0.231. The number of amides is 1. The average Bonchev–Trinajstić information content (AvgIpc) is 2.99. The van der Waals surface area contributed by atoms with Crippen molar-refractivity contribution in [1.29, 1.82) is 0 Å². The molecule has 4 rings (SSSR count). The van der Waals surface area contributed by atoms with E-state index in [9.17, 15) is 9.59 Å². The number of nitrogens with zero attached hydrogens (tertiary/aromatic N) is 2. The molecule has 0 spiro atoms. The van der Waals surface area contributed by atoms with Crippen molar-refractivity contribution in [3.8, 4) is 5.75 Å². The van der Waals surface area contributed by atoms with E-state index in [1.165, 1.54) is 0 Å². The molecule has 1 amide bonds. The van der Waals surface area contributed by atoms with Crippen LogP contribution in [0.15, 0.2) is 42.1 Å². The fraction of sp³-hybridized carbons (Fsp3) is 0.412. The van der Waals surface area contributed by atoms with Crippen molar-refractivity contribution in [2.45, 2.75) is 44.2 Å². The Morgan fingerprint density at radius 1 is 1.32 bits per heavy atom. The van der Waals surface area contributed by atoms with Crippen LogP contribution in [0.25, 0.3) is 0 Å². The molecule has 1 aromatic carbocycles. The number of carbonyl (C=O) groups excluding carboxylic acids is 2. The SMILES string of the molecule is C[C@]12CCC[C@H]3CC(=O)N(C=C1C(=O)Oc1ccccc1)N32. The average molecular weight is 298 g/mol. The first-order valence-corrected chi connectivity index (χ1v) is 7.70. The Labute approximate surface area is 129 Å². The number of rotatable bonds is 2. The predicted molar refractivity (Wildman–Crippen MR) is 79.5 cm³/mol. The molecule has 3 aliphatic rings. The molecule has 0 bridgehead atoms. The van der Waals surface area contributed by atoms with Gasteiger partial charge in [0.1, 0.15) is 5.75 Å². The number of hydrogen-bond donors (Lipinski definition) is 0.